The normalized spacial score (nSPS) is 14.7. The van der Waals surface area contributed by atoms with Gasteiger partial charge in [0.25, 0.3) is 6.71 Å². The van der Waals surface area contributed by atoms with Crippen LogP contribution in [-0.2, 0) is 32.5 Å². The van der Waals surface area contributed by atoms with Crippen molar-refractivity contribution in [2.45, 2.75) is 136 Å². The predicted molar refractivity (Wildman–Crippen MR) is 360 cm³/mol. The topological polar surface area (TPSA) is 9.86 Å². The van der Waals surface area contributed by atoms with Crippen LogP contribution in [0.15, 0.2) is 182 Å². The summed E-state index contributed by atoms with van der Waals surface area (Å²) in [6.45, 7) is 35.7. The minimum absolute atomic E-state index is 0.0589. The van der Waals surface area contributed by atoms with Crippen molar-refractivity contribution in [3.05, 3.63) is 232 Å². The number of rotatable bonds is 3. The summed E-state index contributed by atoms with van der Waals surface area (Å²) in [5.41, 5.74) is 32.3. The van der Waals surface area contributed by atoms with Gasteiger partial charge in [0.2, 0.25) is 0 Å². The van der Waals surface area contributed by atoms with E-state index in [1.54, 1.807) is 0 Å². The van der Waals surface area contributed by atoms with Gasteiger partial charge >= 0.3 is 0 Å². The first-order chi connectivity index (χ1) is 39.8. The van der Waals surface area contributed by atoms with Crippen molar-refractivity contribution in [3.8, 4) is 56.0 Å². The maximum atomic E-state index is 2.80. The number of nitrogens with zero attached hydrogens (tertiary/aromatic N) is 2. The molecule has 0 amide bonds. The Balaban J connectivity index is 1.14. The lowest BCUT2D eigenvalue weighted by molar-refractivity contribution is 0.569. The van der Waals surface area contributed by atoms with Gasteiger partial charge in [-0.15, -0.1) is 0 Å². The monoisotopic (exact) mass is 1090 g/mol. The van der Waals surface area contributed by atoms with Gasteiger partial charge in [-0.25, -0.2) is 0 Å². The van der Waals surface area contributed by atoms with Gasteiger partial charge in [-0.1, -0.05) is 256 Å². The van der Waals surface area contributed by atoms with Crippen LogP contribution < -0.4 is 16.4 Å². The van der Waals surface area contributed by atoms with E-state index in [9.17, 15) is 0 Å². The van der Waals surface area contributed by atoms with Crippen LogP contribution in [0.1, 0.15) is 154 Å². The summed E-state index contributed by atoms with van der Waals surface area (Å²) >= 11 is 0. The zero-order valence-electron chi connectivity index (χ0n) is 51.8. The summed E-state index contributed by atoms with van der Waals surface area (Å²) in [5.74, 6) is 0. The van der Waals surface area contributed by atoms with E-state index in [0.717, 1.165) is 0 Å². The standard InChI is InChI=1S/C81H75BN2/c1-76(2,3)49-33-34-57(58(41-49)48-37-50(77(4,5)6)40-51(38-48)78(7,8)9)68-61-39-47-27-19-20-28-54(47)69-74(61)83(71(68)46-25-17-16-18-26-46)67-36-35-64-75-70(67)82(69)66-45-53(80(13,14)15)43-60-59-42-52(79(10,11)12)44-65(72(59)84(75)73(60)66)81(64)62-31-23-21-29-55(62)56-30-22-24-32-63(56)81/h16-45H,1-15H3. The molecule has 0 bridgehead atoms. The highest BCUT2D eigenvalue weighted by Gasteiger charge is 2.55. The molecule has 84 heavy (non-hydrogen) atoms. The van der Waals surface area contributed by atoms with Crippen molar-refractivity contribution < 1.29 is 0 Å². The first-order valence-corrected chi connectivity index (χ1v) is 30.9. The fraction of sp³-hybridized carbons (Fsp3) is 0.259. The van der Waals surface area contributed by atoms with Crippen LogP contribution in [0, 0.1) is 0 Å². The van der Waals surface area contributed by atoms with Crippen LogP contribution >= 0.6 is 0 Å². The molecule has 1 aliphatic carbocycles. The van der Waals surface area contributed by atoms with Gasteiger partial charge in [0.05, 0.1) is 22.1 Å². The SMILES string of the molecule is CC(C)(C)c1cc(-c2cc(C(C)(C)C)ccc2-c2c(-c3ccccc3)n3c4c(c5ccccc5cc24)B2c4c-3ccc3c4-n4c5c2cc(C(C)(C)C)cc5c2cc(C(C)(C)C)cc(c24)C32c3ccccc3-c3ccccc32)cc(C(C)(C)C)c1. The largest absolute Gasteiger partial charge is 0.310 e. The second kappa shape index (κ2) is 16.6. The van der Waals surface area contributed by atoms with E-state index in [2.05, 4.69) is 295 Å². The zero-order chi connectivity index (χ0) is 58.3. The Morgan fingerprint density at radius 3 is 1.52 bits per heavy atom. The van der Waals surface area contributed by atoms with Crippen LogP contribution in [0.3, 0.4) is 0 Å². The minimum Gasteiger partial charge on any atom is -0.310 e. The Kier molecular flexibility index (Phi) is 10.2. The number of aromatic nitrogens is 2. The Bertz CT molecular complexity index is 4820. The second-order valence-electron chi connectivity index (χ2n) is 30.5. The average molecular weight is 1090 g/mol. The van der Waals surface area contributed by atoms with E-state index in [-0.39, 0.29) is 33.8 Å². The molecular formula is C81H75BN2. The molecule has 0 saturated carbocycles. The van der Waals surface area contributed by atoms with Gasteiger partial charge < -0.3 is 9.13 Å². The van der Waals surface area contributed by atoms with E-state index in [1.165, 1.54) is 166 Å². The molecule has 1 spiro atoms. The van der Waals surface area contributed by atoms with Crippen LogP contribution in [0.5, 0.6) is 0 Å². The molecule has 3 heteroatoms. The molecule has 0 atom stereocenters. The third kappa shape index (κ3) is 6.76. The molecule has 2 nitrogen and oxygen atoms in total. The fourth-order valence-corrected chi connectivity index (χ4v) is 15.9. The molecule has 12 aromatic rings. The van der Waals surface area contributed by atoms with Crippen molar-refractivity contribution in [2.24, 2.45) is 0 Å². The molecule has 0 fully saturated rings. The molecule has 0 radical (unpaired) electrons. The number of benzene rings is 10. The molecule has 4 aliphatic rings. The van der Waals surface area contributed by atoms with E-state index < -0.39 is 5.41 Å². The maximum absolute atomic E-state index is 2.80. The summed E-state index contributed by atoms with van der Waals surface area (Å²) in [4.78, 5) is 0. The lowest BCUT2D eigenvalue weighted by atomic mass is 9.33. The molecule has 5 heterocycles. The molecule has 3 aliphatic heterocycles. The number of hydrogen-bond acceptors (Lipinski definition) is 0. The van der Waals surface area contributed by atoms with Crippen molar-refractivity contribution >= 4 is 66.6 Å². The van der Waals surface area contributed by atoms with Gasteiger partial charge in [0, 0.05) is 38.6 Å². The molecule has 10 aromatic carbocycles. The van der Waals surface area contributed by atoms with Crippen molar-refractivity contribution in [1.29, 1.82) is 0 Å². The van der Waals surface area contributed by atoms with Crippen LogP contribution in [-0.4, -0.2) is 15.8 Å². The van der Waals surface area contributed by atoms with Crippen LogP contribution in [0.2, 0.25) is 0 Å². The highest BCUT2D eigenvalue weighted by atomic mass is 15.1. The van der Waals surface area contributed by atoms with Crippen molar-refractivity contribution in [1.82, 2.24) is 9.13 Å². The number of fused-ring (bicyclic) bond motifs is 13. The summed E-state index contributed by atoms with van der Waals surface area (Å²) in [7, 11) is 0. The Hall–Kier alpha value is -8.14. The summed E-state index contributed by atoms with van der Waals surface area (Å²) in [6.07, 6.45) is 0. The smallest absolute Gasteiger partial charge is 0.253 e. The van der Waals surface area contributed by atoms with E-state index in [1.807, 2.05) is 0 Å². The molecule has 412 valence electrons. The summed E-state index contributed by atoms with van der Waals surface area (Å²) in [5, 5.41) is 6.59. The molecule has 0 N–H and O–H groups in total. The summed E-state index contributed by atoms with van der Waals surface area (Å²) in [6, 6.07) is 72.7. The molecule has 16 rings (SSSR count). The first-order valence-electron chi connectivity index (χ1n) is 30.9. The lowest BCUT2D eigenvalue weighted by Crippen LogP contribution is -2.61. The Morgan fingerprint density at radius 1 is 0.333 bits per heavy atom. The second-order valence-corrected chi connectivity index (χ2v) is 30.5. The first kappa shape index (κ1) is 51.5. The van der Waals surface area contributed by atoms with Gasteiger partial charge in [0.15, 0.2) is 0 Å². The zero-order valence-corrected chi connectivity index (χ0v) is 51.8. The maximum Gasteiger partial charge on any atom is 0.253 e. The Labute approximate surface area is 497 Å². The summed E-state index contributed by atoms with van der Waals surface area (Å²) < 4.78 is 5.56. The van der Waals surface area contributed by atoms with Crippen LogP contribution in [0.4, 0.5) is 0 Å². The number of hydrogen-bond donors (Lipinski definition) is 0. The highest BCUT2D eigenvalue weighted by molar-refractivity contribution is 7.01. The third-order valence-electron chi connectivity index (χ3n) is 20.2. The quantitative estimate of drug-likeness (QED) is 0.156. The minimum atomic E-state index is -0.591. The van der Waals surface area contributed by atoms with Crippen molar-refractivity contribution in [3.63, 3.8) is 0 Å². The third-order valence-corrected chi connectivity index (χ3v) is 20.2. The van der Waals surface area contributed by atoms with Gasteiger partial charge in [-0.3, -0.25) is 0 Å². The molecular weight excluding hydrogens is 1010 g/mol. The Morgan fingerprint density at radius 2 is 0.893 bits per heavy atom. The van der Waals surface area contributed by atoms with E-state index in [4.69, 9.17) is 0 Å². The van der Waals surface area contributed by atoms with E-state index in [0.29, 0.717) is 0 Å². The van der Waals surface area contributed by atoms with Gasteiger partial charge in [-0.2, -0.15) is 0 Å². The molecule has 2 aromatic heterocycles. The predicted octanol–water partition coefficient (Wildman–Crippen LogP) is 19.2. The van der Waals surface area contributed by atoms with E-state index >= 15 is 0 Å². The fourth-order valence-electron chi connectivity index (χ4n) is 15.9. The lowest BCUT2D eigenvalue weighted by Gasteiger charge is -2.44. The van der Waals surface area contributed by atoms with Crippen LogP contribution in [0.25, 0.3) is 99.5 Å². The highest BCUT2D eigenvalue weighted by Crippen LogP contribution is 2.63. The molecule has 0 unspecified atom stereocenters. The van der Waals surface area contributed by atoms with Gasteiger partial charge in [0.1, 0.15) is 0 Å². The average Bonchev–Trinajstić information content (AvgIpc) is 1.40. The molecule has 0 saturated heterocycles. The van der Waals surface area contributed by atoms with Gasteiger partial charge in [-0.05, 0) is 168 Å². The van der Waals surface area contributed by atoms with Crippen molar-refractivity contribution in [2.75, 3.05) is 0 Å².